The summed E-state index contributed by atoms with van der Waals surface area (Å²) < 4.78 is 4.93. The Hall–Kier alpha value is -1.52. The van der Waals surface area contributed by atoms with Crippen LogP contribution in [-0.4, -0.2) is 24.3 Å². The summed E-state index contributed by atoms with van der Waals surface area (Å²) in [5, 5.41) is 19.3. The van der Waals surface area contributed by atoms with Gasteiger partial charge in [0.15, 0.2) is 0 Å². The Labute approximate surface area is 97.7 Å². The molecule has 0 radical (unpaired) electrons. The van der Waals surface area contributed by atoms with Gasteiger partial charge >= 0.3 is 0 Å². The van der Waals surface area contributed by atoms with Crippen LogP contribution >= 0.6 is 11.6 Å². The van der Waals surface area contributed by atoms with E-state index >= 15 is 0 Å². The molecule has 0 saturated carbocycles. The normalized spacial score (nSPS) is 10.6. The van der Waals surface area contributed by atoms with Gasteiger partial charge in [-0.3, -0.25) is 0 Å². The van der Waals surface area contributed by atoms with Gasteiger partial charge in [0.2, 0.25) is 0 Å². The standard InChI is InChI=1S/C11H11ClO4/c12-10-4-3-9(16-7-11(14)15)6-8(10)2-1-5-13/h1-4,6,13H,5,7H2,(H,14,15)/p-1/b2-1+. The molecule has 1 N–H and O–H groups in total. The third kappa shape index (κ3) is 3.92. The number of carbonyl (C=O) groups excluding carboxylic acids is 1. The lowest BCUT2D eigenvalue weighted by Gasteiger charge is -2.08. The number of benzene rings is 1. The zero-order chi connectivity index (χ0) is 12.0. The zero-order valence-electron chi connectivity index (χ0n) is 8.35. The van der Waals surface area contributed by atoms with Crippen molar-refractivity contribution in [2.24, 2.45) is 0 Å². The number of aliphatic hydroxyl groups is 1. The molecule has 0 unspecified atom stereocenters. The van der Waals surface area contributed by atoms with Gasteiger partial charge in [-0.1, -0.05) is 23.8 Å². The molecular weight excluding hydrogens is 232 g/mol. The van der Waals surface area contributed by atoms with E-state index in [2.05, 4.69) is 0 Å². The SMILES string of the molecule is O=C([O-])COc1ccc(Cl)c(/C=C/CO)c1. The minimum Gasteiger partial charge on any atom is -0.546 e. The molecule has 0 bridgehead atoms. The molecule has 0 heterocycles. The highest BCUT2D eigenvalue weighted by Gasteiger charge is 2.00. The lowest BCUT2D eigenvalue weighted by Crippen LogP contribution is -2.28. The highest BCUT2D eigenvalue weighted by atomic mass is 35.5. The first-order valence-electron chi connectivity index (χ1n) is 4.53. The number of rotatable bonds is 5. The molecule has 86 valence electrons. The quantitative estimate of drug-likeness (QED) is 0.814. The second-order valence-electron chi connectivity index (χ2n) is 2.93. The smallest absolute Gasteiger partial charge is 0.128 e. The van der Waals surface area contributed by atoms with Crippen molar-refractivity contribution in [2.75, 3.05) is 13.2 Å². The molecule has 0 fully saturated rings. The number of hydrogen-bond donors (Lipinski definition) is 1. The van der Waals surface area contributed by atoms with Crippen molar-refractivity contribution in [3.8, 4) is 5.75 Å². The number of carbonyl (C=O) groups is 1. The Morgan fingerprint density at radius 2 is 2.31 bits per heavy atom. The molecule has 0 aliphatic rings. The third-order valence-corrected chi connectivity index (χ3v) is 2.07. The maximum Gasteiger partial charge on any atom is 0.128 e. The van der Waals surface area contributed by atoms with Crippen molar-refractivity contribution in [1.29, 1.82) is 0 Å². The van der Waals surface area contributed by atoms with Crippen LogP contribution in [0.3, 0.4) is 0 Å². The van der Waals surface area contributed by atoms with E-state index in [0.29, 0.717) is 16.3 Å². The second-order valence-corrected chi connectivity index (χ2v) is 3.34. The van der Waals surface area contributed by atoms with Gasteiger partial charge in [0.05, 0.1) is 12.6 Å². The van der Waals surface area contributed by atoms with Crippen LogP contribution in [0.15, 0.2) is 24.3 Å². The molecule has 4 nitrogen and oxygen atoms in total. The molecule has 0 amide bonds. The number of halogens is 1. The molecular formula is C11H10ClO4-. The summed E-state index contributed by atoms with van der Waals surface area (Å²) >= 11 is 5.88. The van der Waals surface area contributed by atoms with E-state index in [9.17, 15) is 9.90 Å². The molecule has 1 aromatic rings. The van der Waals surface area contributed by atoms with E-state index in [1.54, 1.807) is 24.3 Å². The molecule has 1 rings (SSSR count). The van der Waals surface area contributed by atoms with Gasteiger partial charge in [-0.2, -0.15) is 0 Å². The lowest BCUT2D eigenvalue weighted by atomic mass is 10.2. The van der Waals surface area contributed by atoms with Crippen LogP contribution in [0.2, 0.25) is 5.02 Å². The van der Waals surface area contributed by atoms with Crippen molar-refractivity contribution in [3.63, 3.8) is 0 Å². The van der Waals surface area contributed by atoms with Crippen LogP contribution in [0, 0.1) is 0 Å². The summed E-state index contributed by atoms with van der Waals surface area (Å²) in [5.41, 5.74) is 0.645. The zero-order valence-corrected chi connectivity index (χ0v) is 9.11. The Balaban J connectivity index is 2.80. The van der Waals surface area contributed by atoms with Gasteiger partial charge in [-0.05, 0) is 23.8 Å². The van der Waals surface area contributed by atoms with Crippen LogP contribution in [0.5, 0.6) is 5.75 Å². The van der Waals surface area contributed by atoms with Crippen molar-refractivity contribution in [3.05, 3.63) is 34.9 Å². The molecule has 5 heteroatoms. The summed E-state index contributed by atoms with van der Waals surface area (Å²) in [7, 11) is 0. The average Bonchev–Trinajstić information content (AvgIpc) is 2.26. The maximum absolute atomic E-state index is 10.2. The van der Waals surface area contributed by atoms with Gasteiger partial charge < -0.3 is 19.7 Å². The Kier molecular flexibility index (Phi) is 4.82. The van der Waals surface area contributed by atoms with Crippen LogP contribution < -0.4 is 9.84 Å². The highest BCUT2D eigenvalue weighted by Crippen LogP contribution is 2.23. The molecule has 0 spiro atoms. The molecule has 16 heavy (non-hydrogen) atoms. The summed E-state index contributed by atoms with van der Waals surface area (Å²) in [4.78, 5) is 10.2. The van der Waals surface area contributed by atoms with Crippen molar-refractivity contribution < 1.29 is 19.7 Å². The van der Waals surface area contributed by atoms with Crippen LogP contribution in [0.4, 0.5) is 0 Å². The first-order valence-corrected chi connectivity index (χ1v) is 4.91. The predicted molar refractivity (Wildman–Crippen MR) is 58.1 cm³/mol. The third-order valence-electron chi connectivity index (χ3n) is 1.73. The monoisotopic (exact) mass is 241 g/mol. The average molecular weight is 242 g/mol. The van der Waals surface area contributed by atoms with Gasteiger partial charge in [-0.15, -0.1) is 0 Å². The highest BCUT2D eigenvalue weighted by molar-refractivity contribution is 6.32. The lowest BCUT2D eigenvalue weighted by molar-refractivity contribution is -0.307. The minimum absolute atomic E-state index is 0.0968. The van der Waals surface area contributed by atoms with Crippen LogP contribution in [-0.2, 0) is 4.79 Å². The number of aliphatic hydroxyl groups excluding tert-OH is 1. The van der Waals surface area contributed by atoms with E-state index in [4.69, 9.17) is 21.4 Å². The van der Waals surface area contributed by atoms with E-state index in [1.807, 2.05) is 0 Å². The summed E-state index contributed by atoms with van der Waals surface area (Å²) in [5.74, 6) is -0.909. The fraction of sp³-hybridized carbons (Fsp3) is 0.182. The fourth-order valence-corrected chi connectivity index (χ4v) is 1.24. The molecule has 0 aromatic heterocycles. The summed E-state index contributed by atoms with van der Waals surface area (Å²) in [6.45, 7) is -0.606. The fourth-order valence-electron chi connectivity index (χ4n) is 1.06. The predicted octanol–water partition coefficient (Wildman–Crippen LogP) is 0.474. The first-order chi connectivity index (χ1) is 7.63. The minimum atomic E-state index is -1.29. The summed E-state index contributed by atoms with van der Waals surface area (Å²) in [6, 6.07) is 4.72. The van der Waals surface area contributed by atoms with Crippen molar-refractivity contribution in [2.45, 2.75) is 0 Å². The number of ether oxygens (including phenoxy) is 1. The van der Waals surface area contributed by atoms with Gasteiger partial charge in [0.1, 0.15) is 12.4 Å². The van der Waals surface area contributed by atoms with Crippen molar-refractivity contribution >= 4 is 23.6 Å². The summed E-state index contributed by atoms with van der Waals surface area (Å²) in [6.07, 6.45) is 3.14. The Morgan fingerprint density at radius 1 is 1.56 bits per heavy atom. The topological polar surface area (TPSA) is 69.6 Å². The van der Waals surface area contributed by atoms with E-state index < -0.39 is 12.6 Å². The molecule has 0 atom stereocenters. The Bertz CT molecular complexity index is 401. The van der Waals surface area contributed by atoms with Gasteiger partial charge in [0, 0.05) is 5.02 Å². The number of hydrogen-bond acceptors (Lipinski definition) is 4. The van der Waals surface area contributed by atoms with E-state index in [1.165, 1.54) is 6.08 Å². The van der Waals surface area contributed by atoms with Crippen molar-refractivity contribution in [1.82, 2.24) is 0 Å². The molecule has 1 aromatic carbocycles. The maximum atomic E-state index is 10.2. The molecule has 0 aliphatic carbocycles. The van der Waals surface area contributed by atoms with Crippen LogP contribution in [0.1, 0.15) is 5.56 Å². The van der Waals surface area contributed by atoms with Gasteiger partial charge in [0.25, 0.3) is 0 Å². The number of carboxylic acids is 1. The van der Waals surface area contributed by atoms with E-state index in [0.717, 1.165) is 0 Å². The number of aliphatic carboxylic acids is 1. The molecule has 0 aliphatic heterocycles. The van der Waals surface area contributed by atoms with E-state index in [-0.39, 0.29) is 6.61 Å². The van der Waals surface area contributed by atoms with Crippen LogP contribution in [0.25, 0.3) is 6.08 Å². The first kappa shape index (κ1) is 12.5. The second kappa shape index (κ2) is 6.15. The Morgan fingerprint density at radius 3 is 2.94 bits per heavy atom. The largest absolute Gasteiger partial charge is 0.546 e. The molecule has 0 saturated heterocycles. The van der Waals surface area contributed by atoms with Gasteiger partial charge in [-0.25, -0.2) is 0 Å². The number of carboxylic acid groups (broad SMARTS) is 1.